The Hall–Kier alpha value is -9.68. The van der Waals surface area contributed by atoms with Crippen molar-refractivity contribution in [2.24, 2.45) is 0 Å². The zero-order valence-electron chi connectivity index (χ0n) is 41.0. The van der Waals surface area contributed by atoms with Gasteiger partial charge in [0.25, 0.3) is 0 Å². The molecule has 0 N–H and O–H groups in total. The first-order valence-electron chi connectivity index (χ1n) is 25.7. The van der Waals surface area contributed by atoms with Crippen molar-refractivity contribution < 1.29 is 0 Å². The fourth-order valence-corrected chi connectivity index (χ4v) is 16.6. The number of hydrogen-bond donors (Lipinski definition) is 0. The van der Waals surface area contributed by atoms with Gasteiger partial charge in [0.1, 0.15) is 0 Å². The van der Waals surface area contributed by atoms with E-state index in [2.05, 4.69) is 300 Å². The van der Waals surface area contributed by atoms with Crippen LogP contribution in [0.3, 0.4) is 0 Å². The van der Waals surface area contributed by atoms with E-state index >= 15 is 0 Å². The van der Waals surface area contributed by atoms with E-state index in [0.717, 1.165) is 72.3 Å². The molecule has 14 rings (SSSR count). The summed E-state index contributed by atoms with van der Waals surface area (Å²) in [5, 5.41) is 9.96. The first kappa shape index (κ1) is 44.1. The molecule has 0 saturated heterocycles. The molecule has 0 fully saturated rings. The highest BCUT2D eigenvalue weighted by atomic mass is 28.3. The Morgan fingerprint density at radius 2 is 0.667 bits per heavy atom. The lowest BCUT2D eigenvalue weighted by Gasteiger charge is -2.34. The van der Waals surface area contributed by atoms with Gasteiger partial charge in [-0.3, -0.25) is 4.57 Å². The molecule has 5 heteroatoms. The molecular formula is C70H48N4Si. The molecule has 0 radical (unpaired) electrons. The zero-order valence-corrected chi connectivity index (χ0v) is 42.0. The van der Waals surface area contributed by atoms with Gasteiger partial charge < -0.3 is 4.57 Å². The van der Waals surface area contributed by atoms with E-state index in [1.807, 2.05) is 0 Å². The van der Waals surface area contributed by atoms with Crippen LogP contribution in [-0.4, -0.2) is 27.2 Å². The quantitative estimate of drug-likeness (QED) is 0.101. The average molecular weight is 973 g/mol. The van der Waals surface area contributed by atoms with Crippen LogP contribution in [0.2, 0.25) is 0 Å². The number of nitrogens with zero attached hydrogens (tertiary/aromatic N) is 4. The summed E-state index contributed by atoms with van der Waals surface area (Å²) in [5.74, 6) is 0.600. The van der Waals surface area contributed by atoms with Crippen LogP contribution >= 0.6 is 0 Å². The maximum absolute atomic E-state index is 5.77. The van der Waals surface area contributed by atoms with Gasteiger partial charge in [0.15, 0.2) is 8.07 Å². The minimum absolute atomic E-state index is 0.600. The predicted molar refractivity (Wildman–Crippen MR) is 316 cm³/mol. The Bertz CT molecular complexity index is 4190. The van der Waals surface area contributed by atoms with E-state index in [0.29, 0.717) is 5.95 Å². The summed E-state index contributed by atoms with van der Waals surface area (Å²) in [6.45, 7) is 0. The van der Waals surface area contributed by atoms with Crippen LogP contribution in [0.4, 0.5) is 0 Å². The maximum Gasteiger partial charge on any atom is 0.235 e. The van der Waals surface area contributed by atoms with E-state index in [1.165, 1.54) is 42.6 Å². The van der Waals surface area contributed by atoms with E-state index in [9.17, 15) is 0 Å². The summed E-state index contributed by atoms with van der Waals surface area (Å²) >= 11 is 0. The van der Waals surface area contributed by atoms with Crippen molar-refractivity contribution in [3.05, 3.63) is 291 Å². The molecule has 352 valence electrons. The molecule has 0 aliphatic rings. The fraction of sp³-hybridized carbons (Fsp3) is 0. The molecule has 75 heavy (non-hydrogen) atoms. The SMILES string of the molecule is c1ccc(-c2cccc(-c3ccccc3)c2-c2cc(-c3cccc([Si](c4ccccc4)(c4ccccc4)c4ccccc4)c3)nc(-n3c4ccccc4c4cc(-n5c6ccccc6c6ccccc65)ccc43)n2)cc1. The number of rotatable bonds is 10. The number of para-hydroxylation sites is 3. The second kappa shape index (κ2) is 18.4. The highest BCUT2D eigenvalue weighted by molar-refractivity contribution is 7.19. The molecule has 3 aromatic heterocycles. The molecule has 0 unspecified atom stereocenters. The minimum Gasteiger partial charge on any atom is -0.309 e. The average Bonchev–Trinajstić information content (AvgIpc) is 4.03. The third kappa shape index (κ3) is 7.35. The molecule has 0 saturated carbocycles. The van der Waals surface area contributed by atoms with Crippen molar-refractivity contribution in [2.75, 3.05) is 0 Å². The Balaban J connectivity index is 1.06. The monoisotopic (exact) mass is 972 g/mol. The van der Waals surface area contributed by atoms with E-state index in [4.69, 9.17) is 9.97 Å². The van der Waals surface area contributed by atoms with Gasteiger partial charge in [-0.2, -0.15) is 0 Å². The topological polar surface area (TPSA) is 35.6 Å². The highest BCUT2D eigenvalue weighted by Crippen LogP contribution is 2.42. The molecular weight excluding hydrogens is 925 g/mol. The van der Waals surface area contributed by atoms with Gasteiger partial charge in [-0.15, -0.1) is 0 Å². The predicted octanol–water partition coefficient (Wildman–Crippen LogP) is 14.7. The van der Waals surface area contributed by atoms with Crippen molar-refractivity contribution in [3.8, 4) is 56.4 Å². The zero-order chi connectivity index (χ0) is 49.7. The van der Waals surface area contributed by atoms with Gasteiger partial charge in [-0.25, -0.2) is 9.97 Å². The Morgan fingerprint density at radius 3 is 1.20 bits per heavy atom. The first-order valence-corrected chi connectivity index (χ1v) is 27.7. The lowest BCUT2D eigenvalue weighted by molar-refractivity contribution is 0.995. The normalized spacial score (nSPS) is 11.7. The molecule has 0 spiro atoms. The third-order valence-corrected chi connectivity index (χ3v) is 19.9. The van der Waals surface area contributed by atoms with E-state index in [-0.39, 0.29) is 0 Å². The van der Waals surface area contributed by atoms with Gasteiger partial charge in [-0.1, -0.05) is 249 Å². The number of hydrogen-bond acceptors (Lipinski definition) is 2. The van der Waals surface area contributed by atoms with Crippen molar-refractivity contribution in [2.45, 2.75) is 0 Å². The highest BCUT2D eigenvalue weighted by Gasteiger charge is 2.41. The molecule has 14 aromatic rings. The molecule has 0 bridgehead atoms. The van der Waals surface area contributed by atoms with Crippen LogP contribution in [0, 0.1) is 0 Å². The van der Waals surface area contributed by atoms with Crippen molar-refractivity contribution >= 4 is 72.4 Å². The number of fused-ring (bicyclic) bond motifs is 6. The second-order valence-corrected chi connectivity index (χ2v) is 23.1. The van der Waals surface area contributed by atoms with Crippen LogP contribution in [0.25, 0.3) is 100 Å². The fourth-order valence-electron chi connectivity index (χ4n) is 11.8. The van der Waals surface area contributed by atoms with E-state index < -0.39 is 8.07 Å². The van der Waals surface area contributed by atoms with Crippen LogP contribution in [0.15, 0.2) is 291 Å². The summed E-state index contributed by atoms with van der Waals surface area (Å²) < 4.78 is 4.68. The number of benzene rings is 11. The van der Waals surface area contributed by atoms with Gasteiger partial charge in [0.2, 0.25) is 5.95 Å². The van der Waals surface area contributed by atoms with Gasteiger partial charge in [-0.05, 0) is 85.5 Å². The van der Waals surface area contributed by atoms with Crippen LogP contribution < -0.4 is 20.7 Å². The molecule has 0 atom stereocenters. The largest absolute Gasteiger partial charge is 0.309 e. The molecule has 11 aromatic carbocycles. The van der Waals surface area contributed by atoms with Crippen LogP contribution in [0.5, 0.6) is 0 Å². The lowest BCUT2D eigenvalue weighted by atomic mass is 9.89. The molecule has 0 aliphatic heterocycles. The first-order chi connectivity index (χ1) is 37.2. The Kier molecular flexibility index (Phi) is 10.8. The molecule has 3 heterocycles. The minimum atomic E-state index is -2.90. The maximum atomic E-state index is 5.77. The van der Waals surface area contributed by atoms with Crippen LogP contribution in [-0.2, 0) is 0 Å². The van der Waals surface area contributed by atoms with Gasteiger partial charge >= 0.3 is 0 Å². The second-order valence-electron chi connectivity index (χ2n) is 19.3. The summed E-state index contributed by atoms with van der Waals surface area (Å²) in [6.07, 6.45) is 0. The van der Waals surface area contributed by atoms with Crippen LogP contribution in [0.1, 0.15) is 0 Å². The smallest absolute Gasteiger partial charge is 0.235 e. The number of aromatic nitrogens is 4. The van der Waals surface area contributed by atoms with Crippen molar-refractivity contribution in [1.29, 1.82) is 0 Å². The van der Waals surface area contributed by atoms with Gasteiger partial charge in [0, 0.05) is 38.4 Å². The Labute approximate surface area is 436 Å². The molecule has 0 aliphatic carbocycles. The lowest BCUT2D eigenvalue weighted by Crippen LogP contribution is -2.74. The third-order valence-electron chi connectivity index (χ3n) is 15.1. The Morgan fingerprint density at radius 1 is 0.267 bits per heavy atom. The van der Waals surface area contributed by atoms with Gasteiger partial charge in [0.05, 0.1) is 33.5 Å². The summed E-state index contributed by atoms with van der Waals surface area (Å²) in [4.78, 5) is 11.5. The standard InChI is InChI=1S/C70H48N4Si/c1-6-24-49(25-7-1)57-39-23-40-58(50-26-8-2-9-27-50)69(57)64-48-63(51-28-22-35-56(46-51)75(53-29-10-3-11-30-53,54-31-12-4-13-32-54)55-33-14-5-15-34-55)71-70(72-64)74-67-43-21-18-38-61(67)62-47-52(44-45-68(62)74)73-65-41-19-16-36-59(65)60-37-17-20-42-66(60)73/h1-48H. The summed E-state index contributed by atoms with van der Waals surface area (Å²) in [5.41, 5.74) is 13.7. The van der Waals surface area contributed by atoms with Crippen molar-refractivity contribution in [1.82, 2.24) is 19.1 Å². The molecule has 0 amide bonds. The summed E-state index contributed by atoms with van der Waals surface area (Å²) in [6, 6.07) is 106. The van der Waals surface area contributed by atoms with E-state index in [1.54, 1.807) is 0 Å². The van der Waals surface area contributed by atoms with Crippen molar-refractivity contribution in [3.63, 3.8) is 0 Å². The molecule has 4 nitrogen and oxygen atoms in total. The summed E-state index contributed by atoms with van der Waals surface area (Å²) in [7, 11) is -2.90.